The summed E-state index contributed by atoms with van der Waals surface area (Å²) in [5, 5.41) is 3.52. The fourth-order valence-corrected chi connectivity index (χ4v) is 2.89. The van der Waals surface area contributed by atoms with Gasteiger partial charge in [-0.25, -0.2) is 0 Å². The predicted octanol–water partition coefficient (Wildman–Crippen LogP) is 3.05. The van der Waals surface area contributed by atoms with Crippen LogP contribution < -0.4 is 5.32 Å². The first-order valence-corrected chi connectivity index (χ1v) is 7.45. The summed E-state index contributed by atoms with van der Waals surface area (Å²) >= 11 is 0. The molecule has 20 heavy (non-hydrogen) atoms. The van der Waals surface area contributed by atoms with Crippen molar-refractivity contribution in [1.29, 1.82) is 0 Å². The summed E-state index contributed by atoms with van der Waals surface area (Å²) in [6, 6.07) is 11.6. The molecule has 2 heterocycles. The number of rotatable bonds is 5. The average molecular weight is 268 g/mol. The standard InChI is InChI=1S/C17H20N2O/c1-2-4-15-10-19(9-14(15)3-1)11-17-7-13(12-20-17)8-18-16-5-6-16/h1-4,7,12,16,18H,5-6,8-11H2. The first-order valence-electron chi connectivity index (χ1n) is 7.45. The van der Waals surface area contributed by atoms with Gasteiger partial charge in [-0.2, -0.15) is 0 Å². The minimum atomic E-state index is 0.751. The highest BCUT2D eigenvalue weighted by Crippen LogP contribution is 2.24. The largest absolute Gasteiger partial charge is 0.468 e. The topological polar surface area (TPSA) is 28.4 Å². The van der Waals surface area contributed by atoms with E-state index in [1.807, 2.05) is 6.26 Å². The highest BCUT2D eigenvalue weighted by Gasteiger charge is 2.21. The molecule has 0 amide bonds. The van der Waals surface area contributed by atoms with Gasteiger partial charge in [0.1, 0.15) is 5.76 Å². The first kappa shape index (κ1) is 12.2. The van der Waals surface area contributed by atoms with Gasteiger partial charge in [0, 0.05) is 31.2 Å². The van der Waals surface area contributed by atoms with Gasteiger partial charge in [0.15, 0.2) is 0 Å². The SMILES string of the molecule is c1ccc2c(c1)CN(Cc1cc(CNC3CC3)co1)C2. The maximum Gasteiger partial charge on any atom is 0.118 e. The highest BCUT2D eigenvalue weighted by molar-refractivity contribution is 5.30. The Balaban J connectivity index is 1.35. The zero-order chi connectivity index (χ0) is 13.4. The molecule has 1 aliphatic heterocycles. The first-order chi connectivity index (χ1) is 9.87. The van der Waals surface area contributed by atoms with Crippen LogP contribution in [0, 0.1) is 0 Å². The molecule has 0 radical (unpaired) electrons. The molecular formula is C17H20N2O. The molecule has 1 aromatic carbocycles. The second kappa shape index (κ2) is 5.08. The predicted molar refractivity (Wildman–Crippen MR) is 78.0 cm³/mol. The van der Waals surface area contributed by atoms with Gasteiger partial charge < -0.3 is 9.73 Å². The summed E-state index contributed by atoms with van der Waals surface area (Å²) in [6.45, 7) is 3.91. The Kier molecular flexibility index (Phi) is 3.09. The third-order valence-corrected chi connectivity index (χ3v) is 4.17. The number of nitrogens with zero attached hydrogens (tertiary/aromatic N) is 1. The smallest absolute Gasteiger partial charge is 0.118 e. The molecule has 3 heteroatoms. The lowest BCUT2D eigenvalue weighted by molar-refractivity contribution is 0.251. The van der Waals surface area contributed by atoms with Gasteiger partial charge in [0.25, 0.3) is 0 Å². The van der Waals surface area contributed by atoms with E-state index in [2.05, 4.69) is 40.5 Å². The van der Waals surface area contributed by atoms with E-state index < -0.39 is 0 Å². The van der Waals surface area contributed by atoms with Crippen molar-refractivity contribution >= 4 is 0 Å². The van der Waals surface area contributed by atoms with E-state index in [9.17, 15) is 0 Å². The second-order valence-corrected chi connectivity index (χ2v) is 5.99. The zero-order valence-corrected chi connectivity index (χ0v) is 11.6. The van der Waals surface area contributed by atoms with E-state index in [4.69, 9.17) is 4.42 Å². The molecule has 0 atom stereocenters. The van der Waals surface area contributed by atoms with E-state index in [1.54, 1.807) is 0 Å². The fourth-order valence-electron chi connectivity index (χ4n) is 2.89. The summed E-state index contributed by atoms with van der Waals surface area (Å²) in [6.07, 6.45) is 4.56. The summed E-state index contributed by atoms with van der Waals surface area (Å²) in [7, 11) is 0. The number of benzene rings is 1. The van der Waals surface area contributed by atoms with Crippen LogP contribution in [-0.4, -0.2) is 10.9 Å². The maximum absolute atomic E-state index is 5.70. The Morgan fingerprint density at radius 2 is 1.90 bits per heavy atom. The van der Waals surface area contributed by atoms with Gasteiger partial charge in [-0.05, 0) is 30.0 Å². The van der Waals surface area contributed by atoms with Gasteiger partial charge in [-0.3, -0.25) is 4.90 Å². The minimum Gasteiger partial charge on any atom is -0.468 e. The lowest BCUT2D eigenvalue weighted by Gasteiger charge is -2.12. The number of hydrogen-bond donors (Lipinski definition) is 1. The Bertz CT molecular complexity index is 576. The van der Waals surface area contributed by atoms with Crippen molar-refractivity contribution in [2.45, 2.75) is 45.1 Å². The van der Waals surface area contributed by atoms with Crippen molar-refractivity contribution < 1.29 is 4.42 Å². The third-order valence-electron chi connectivity index (χ3n) is 4.17. The fraction of sp³-hybridized carbons (Fsp3) is 0.412. The Morgan fingerprint density at radius 3 is 2.60 bits per heavy atom. The molecule has 0 spiro atoms. The van der Waals surface area contributed by atoms with Crippen molar-refractivity contribution in [2.75, 3.05) is 0 Å². The van der Waals surface area contributed by atoms with Gasteiger partial charge in [0.05, 0.1) is 12.8 Å². The summed E-state index contributed by atoms with van der Waals surface area (Å²) < 4.78 is 5.70. The Morgan fingerprint density at radius 1 is 1.15 bits per heavy atom. The van der Waals surface area contributed by atoms with Crippen LogP contribution in [-0.2, 0) is 26.2 Å². The molecule has 1 N–H and O–H groups in total. The second-order valence-electron chi connectivity index (χ2n) is 5.99. The van der Waals surface area contributed by atoms with E-state index in [1.165, 1.54) is 29.5 Å². The molecule has 2 aromatic rings. The van der Waals surface area contributed by atoms with Crippen LogP contribution in [0.25, 0.3) is 0 Å². The molecule has 1 aromatic heterocycles. The quantitative estimate of drug-likeness (QED) is 0.903. The van der Waals surface area contributed by atoms with Crippen LogP contribution in [0.2, 0.25) is 0 Å². The lowest BCUT2D eigenvalue weighted by Crippen LogP contribution is -2.15. The van der Waals surface area contributed by atoms with Gasteiger partial charge in [0.2, 0.25) is 0 Å². The van der Waals surface area contributed by atoms with Gasteiger partial charge in [-0.1, -0.05) is 24.3 Å². The van der Waals surface area contributed by atoms with Crippen molar-refractivity contribution in [1.82, 2.24) is 10.2 Å². The van der Waals surface area contributed by atoms with Crippen LogP contribution in [0.5, 0.6) is 0 Å². The lowest BCUT2D eigenvalue weighted by atomic mass is 10.1. The molecule has 0 saturated heterocycles. The number of hydrogen-bond acceptors (Lipinski definition) is 3. The molecule has 0 bridgehead atoms. The molecular weight excluding hydrogens is 248 g/mol. The zero-order valence-electron chi connectivity index (χ0n) is 11.6. The number of fused-ring (bicyclic) bond motifs is 1. The van der Waals surface area contributed by atoms with Gasteiger partial charge in [-0.15, -0.1) is 0 Å². The van der Waals surface area contributed by atoms with Crippen LogP contribution in [0.15, 0.2) is 41.0 Å². The Hall–Kier alpha value is -1.58. The highest BCUT2D eigenvalue weighted by atomic mass is 16.3. The molecule has 4 rings (SSSR count). The average Bonchev–Trinajstić information content (AvgIpc) is 3.04. The van der Waals surface area contributed by atoms with Crippen LogP contribution >= 0.6 is 0 Å². The van der Waals surface area contributed by atoms with E-state index >= 15 is 0 Å². The summed E-state index contributed by atoms with van der Waals surface area (Å²) in [4.78, 5) is 2.43. The van der Waals surface area contributed by atoms with Crippen molar-refractivity contribution in [3.05, 3.63) is 59.0 Å². The van der Waals surface area contributed by atoms with Crippen LogP contribution in [0.1, 0.15) is 35.3 Å². The molecule has 104 valence electrons. The van der Waals surface area contributed by atoms with Crippen molar-refractivity contribution in [3.63, 3.8) is 0 Å². The minimum absolute atomic E-state index is 0.751. The molecule has 1 aliphatic carbocycles. The Labute approximate surface area is 119 Å². The van der Waals surface area contributed by atoms with Crippen molar-refractivity contribution in [2.24, 2.45) is 0 Å². The van der Waals surface area contributed by atoms with E-state index in [-0.39, 0.29) is 0 Å². The molecule has 1 fully saturated rings. The van der Waals surface area contributed by atoms with Crippen LogP contribution in [0.3, 0.4) is 0 Å². The monoisotopic (exact) mass is 268 g/mol. The molecule has 1 saturated carbocycles. The third kappa shape index (κ3) is 2.65. The normalized spacial score (nSPS) is 18.4. The number of nitrogens with one attached hydrogen (secondary N) is 1. The summed E-state index contributed by atoms with van der Waals surface area (Å²) in [5.41, 5.74) is 4.17. The maximum atomic E-state index is 5.70. The van der Waals surface area contributed by atoms with Crippen LogP contribution in [0.4, 0.5) is 0 Å². The molecule has 2 aliphatic rings. The number of furan rings is 1. The molecule has 3 nitrogen and oxygen atoms in total. The summed E-state index contributed by atoms with van der Waals surface area (Å²) in [5.74, 6) is 1.07. The van der Waals surface area contributed by atoms with E-state index in [0.29, 0.717) is 0 Å². The van der Waals surface area contributed by atoms with E-state index in [0.717, 1.165) is 38.0 Å². The molecule has 0 unspecified atom stereocenters. The van der Waals surface area contributed by atoms with Crippen molar-refractivity contribution in [3.8, 4) is 0 Å². The van der Waals surface area contributed by atoms with Gasteiger partial charge >= 0.3 is 0 Å².